The Labute approximate surface area is 184 Å². The van der Waals surface area contributed by atoms with Crippen LogP contribution < -0.4 is 4.57 Å². The topological polar surface area (TPSA) is 112 Å². The molecule has 0 fully saturated rings. The van der Waals surface area contributed by atoms with Crippen LogP contribution in [-0.2, 0) is 13.1 Å². The Bertz CT molecular complexity index is 1250. The molecular weight excluding hydrogens is 410 g/mol. The molecule has 1 aromatic heterocycles. The molecule has 4 rings (SSSR count). The first-order chi connectivity index (χ1) is 15.2. The Morgan fingerprint density at radius 3 is 2.22 bits per heavy atom. The predicted octanol–water partition coefficient (Wildman–Crippen LogP) is 2.90. The van der Waals surface area contributed by atoms with E-state index < -0.39 is 4.90 Å². The van der Waals surface area contributed by atoms with Gasteiger partial charge in [0.2, 0.25) is 28.7 Å². The lowest BCUT2D eigenvalue weighted by molar-refractivity contribution is -0.698. The van der Waals surface area contributed by atoms with Crippen molar-refractivity contribution in [2.75, 3.05) is 0 Å². The standard InChI is InChI=1S/C24H23N3O5/c1-14(2)12-25-15(3)26(13-20(28)16-8-10-17(11-9-16)27(31)32)22-21(25)23(29)18-6-4-5-7-19(18)24(22)30/h4-11,14H,12-13H2,1-3H3,(H-,28,29,30,31,32). The van der Waals surface area contributed by atoms with Gasteiger partial charge in [0.25, 0.3) is 5.82 Å². The number of hydrogen-bond acceptors (Lipinski definition) is 5. The second kappa shape index (κ2) is 7.96. The summed E-state index contributed by atoms with van der Waals surface area (Å²) in [6.45, 7) is 6.37. The maximum Gasteiger partial charge on any atom is 0.254 e. The first kappa shape index (κ1) is 21.3. The molecule has 1 aromatic carbocycles. The number of imidazole rings is 1. The highest BCUT2D eigenvalue weighted by molar-refractivity contribution is 6.26. The summed E-state index contributed by atoms with van der Waals surface area (Å²) in [7, 11) is 0. The van der Waals surface area contributed by atoms with Gasteiger partial charge in [-0.15, -0.1) is 0 Å². The largest absolute Gasteiger partial charge is 0.612 e. The van der Waals surface area contributed by atoms with E-state index >= 15 is 0 Å². The number of benzene rings is 1. The van der Waals surface area contributed by atoms with E-state index in [1.54, 1.807) is 28.8 Å². The monoisotopic (exact) mass is 433 g/mol. The van der Waals surface area contributed by atoms with Crippen molar-refractivity contribution in [2.24, 2.45) is 5.92 Å². The molecule has 8 heteroatoms. The molecule has 32 heavy (non-hydrogen) atoms. The number of carbonyl (C=O) groups excluding carboxylic acids is 2. The van der Waals surface area contributed by atoms with Crippen molar-refractivity contribution in [3.05, 3.63) is 98.7 Å². The molecule has 0 atom stereocenters. The van der Waals surface area contributed by atoms with Crippen LogP contribution in [0.15, 0.2) is 59.9 Å². The van der Waals surface area contributed by atoms with Gasteiger partial charge in [0.15, 0.2) is 0 Å². The third-order valence-electron chi connectivity index (χ3n) is 5.66. The van der Waals surface area contributed by atoms with E-state index in [0.717, 1.165) is 0 Å². The first-order valence-corrected chi connectivity index (χ1v) is 10.3. The summed E-state index contributed by atoms with van der Waals surface area (Å²) in [6, 6.07) is 6.75. The number of hydrogen-bond donors (Lipinski definition) is 1. The number of ketones is 2. The molecule has 0 bridgehead atoms. The number of nitrogens with zero attached hydrogens (tertiary/aromatic N) is 3. The van der Waals surface area contributed by atoms with Crippen molar-refractivity contribution < 1.29 is 24.2 Å². The molecule has 0 saturated carbocycles. The maximum absolute atomic E-state index is 13.4. The molecule has 8 nitrogen and oxygen atoms in total. The van der Waals surface area contributed by atoms with Crippen LogP contribution in [0.2, 0.25) is 0 Å². The van der Waals surface area contributed by atoms with Crippen LogP contribution in [0.3, 0.4) is 0 Å². The Kier molecular flexibility index (Phi) is 5.30. The van der Waals surface area contributed by atoms with Gasteiger partial charge >= 0.3 is 0 Å². The lowest BCUT2D eigenvalue weighted by Gasteiger charge is -2.13. The Morgan fingerprint density at radius 1 is 1.06 bits per heavy atom. The summed E-state index contributed by atoms with van der Waals surface area (Å²) in [5.41, 5.74) is 1.63. The zero-order valence-electron chi connectivity index (χ0n) is 18.0. The summed E-state index contributed by atoms with van der Waals surface area (Å²) < 4.78 is 3.50. The second-order valence-corrected chi connectivity index (χ2v) is 8.29. The maximum atomic E-state index is 13.4. The molecule has 1 N–H and O–H groups in total. The minimum atomic E-state index is -0.510. The summed E-state index contributed by atoms with van der Waals surface area (Å²) in [5.74, 6) is 0.360. The average molecular weight is 433 g/mol. The summed E-state index contributed by atoms with van der Waals surface area (Å²) in [5, 5.41) is 32.6. The van der Waals surface area contributed by atoms with Crippen LogP contribution in [-0.4, -0.2) is 31.9 Å². The Morgan fingerprint density at radius 2 is 1.66 bits per heavy atom. The van der Waals surface area contributed by atoms with Gasteiger partial charge in [0, 0.05) is 35.8 Å². The molecule has 0 amide bonds. The van der Waals surface area contributed by atoms with Crippen molar-refractivity contribution in [2.45, 2.75) is 33.9 Å². The third-order valence-corrected chi connectivity index (χ3v) is 5.66. The quantitative estimate of drug-likeness (QED) is 0.294. The highest BCUT2D eigenvalue weighted by Crippen LogP contribution is 2.28. The summed E-state index contributed by atoms with van der Waals surface area (Å²) in [6.07, 6.45) is 5.55. The molecule has 2 aliphatic carbocycles. The van der Waals surface area contributed by atoms with Crippen LogP contribution in [0, 0.1) is 23.3 Å². The smallest absolute Gasteiger partial charge is 0.254 e. The van der Waals surface area contributed by atoms with Crippen LogP contribution >= 0.6 is 0 Å². The zero-order chi connectivity index (χ0) is 23.2. The molecule has 0 radical (unpaired) electrons. The van der Waals surface area contributed by atoms with Crippen molar-refractivity contribution in [3.63, 3.8) is 0 Å². The van der Waals surface area contributed by atoms with Crippen molar-refractivity contribution in [3.8, 4) is 0 Å². The molecule has 2 aromatic rings. The van der Waals surface area contributed by atoms with Crippen molar-refractivity contribution in [1.29, 1.82) is 0 Å². The highest BCUT2D eigenvalue weighted by Gasteiger charge is 2.43. The summed E-state index contributed by atoms with van der Waals surface area (Å²) >= 11 is 0. The van der Waals surface area contributed by atoms with E-state index in [9.17, 15) is 25.1 Å². The van der Waals surface area contributed by atoms with Crippen LogP contribution in [0.4, 0.5) is 0 Å². The lowest BCUT2D eigenvalue weighted by atomic mass is 9.89. The lowest BCUT2D eigenvalue weighted by Crippen LogP contribution is -2.44. The highest BCUT2D eigenvalue weighted by atomic mass is 16.8. The minimum absolute atomic E-state index is 0.0434. The molecule has 0 aliphatic heterocycles. The fourth-order valence-electron chi connectivity index (χ4n) is 4.12. The average Bonchev–Trinajstić information content (AvgIpc) is 3.03. The number of allylic oxidation sites excluding steroid dienone is 6. The predicted molar refractivity (Wildman–Crippen MR) is 117 cm³/mol. The van der Waals surface area contributed by atoms with Crippen molar-refractivity contribution >= 4 is 17.3 Å². The molecule has 0 spiro atoms. The number of fused-ring (bicyclic) bond motifs is 2. The number of aliphatic hydroxyl groups is 1. The van der Waals surface area contributed by atoms with Gasteiger partial charge in [0.05, 0.1) is 6.54 Å². The fraction of sp³-hybridized carbons (Fsp3) is 0.250. The van der Waals surface area contributed by atoms with E-state index in [4.69, 9.17) is 0 Å². The fourth-order valence-corrected chi connectivity index (χ4v) is 4.12. The van der Waals surface area contributed by atoms with Gasteiger partial charge < -0.3 is 15.5 Å². The number of rotatable bonds is 4. The van der Waals surface area contributed by atoms with Gasteiger partial charge in [0.1, 0.15) is 12.3 Å². The van der Waals surface area contributed by atoms with Gasteiger partial charge in [-0.3, -0.25) is 9.59 Å². The second-order valence-electron chi connectivity index (χ2n) is 8.29. The minimum Gasteiger partial charge on any atom is -0.612 e. The van der Waals surface area contributed by atoms with Gasteiger partial charge in [-0.25, -0.2) is 9.13 Å². The Balaban J connectivity index is 1.85. The van der Waals surface area contributed by atoms with Crippen LogP contribution in [0.1, 0.15) is 51.8 Å². The molecule has 0 unspecified atom stereocenters. The zero-order valence-corrected chi connectivity index (χ0v) is 18.0. The molecule has 0 saturated heterocycles. The molecule has 164 valence electrons. The third kappa shape index (κ3) is 3.43. The van der Waals surface area contributed by atoms with E-state index in [0.29, 0.717) is 34.8 Å². The molecular formula is C24H23N3O5. The van der Waals surface area contributed by atoms with E-state index in [1.165, 1.54) is 24.3 Å². The molecule has 2 aliphatic rings. The number of carbonyl (C=O) groups is 2. The number of aromatic nitrogens is 2. The van der Waals surface area contributed by atoms with Gasteiger partial charge in [-0.1, -0.05) is 38.1 Å². The SMILES string of the molecule is Cc1n(CC(C)C)c2c([n+]1CC(O)=C1C=CC(=[N+]([O-])[O-])C=C1)C(=O)c1ccccc1C2=O. The van der Waals surface area contributed by atoms with Crippen LogP contribution in [0.25, 0.3) is 0 Å². The normalized spacial score (nSPS) is 14.8. The van der Waals surface area contributed by atoms with E-state index in [2.05, 4.69) is 0 Å². The van der Waals surface area contributed by atoms with E-state index in [1.807, 2.05) is 25.3 Å². The Hall–Kier alpha value is -3.94. The summed E-state index contributed by atoms with van der Waals surface area (Å²) in [4.78, 5) is 26.3. The van der Waals surface area contributed by atoms with Gasteiger partial charge in [-0.2, -0.15) is 4.90 Å². The number of aliphatic hydroxyl groups excluding tert-OH is 1. The van der Waals surface area contributed by atoms with E-state index in [-0.39, 0.29) is 41.2 Å². The molecule has 1 heterocycles. The van der Waals surface area contributed by atoms with Gasteiger partial charge in [-0.05, 0) is 18.1 Å². The van der Waals surface area contributed by atoms with Crippen LogP contribution in [0.5, 0.6) is 0 Å². The van der Waals surface area contributed by atoms with Crippen molar-refractivity contribution in [1.82, 2.24) is 4.57 Å². The first-order valence-electron chi connectivity index (χ1n) is 10.3.